The van der Waals surface area contributed by atoms with Crippen LogP contribution in [0.2, 0.25) is 0 Å². The summed E-state index contributed by atoms with van der Waals surface area (Å²) in [5.74, 6) is 0.0807. The molecule has 0 radical (unpaired) electrons. The number of carbonyl (C=O) groups is 2. The van der Waals surface area contributed by atoms with E-state index in [9.17, 15) is 9.59 Å². The molecule has 1 aromatic heterocycles. The number of hydrogen-bond donors (Lipinski definition) is 1. The molecule has 27 heavy (non-hydrogen) atoms. The predicted molar refractivity (Wildman–Crippen MR) is 107 cm³/mol. The number of thiophene rings is 1. The molecule has 1 aliphatic carbocycles. The third kappa shape index (κ3) is 5.12. The molecule has 5 nitrogen and oxygen atoms in total. The standard InChI is InChI=1S/C20H20N2O3S2/c1-13-6-7-16-14(10-13)11-18(27-16)20(24)25-12-19(23)22-15-4-2-3-5-17(15)26-9-8-21/h2-5,11,13H,6-7,9-10,12H2,1H3,(H,22,23)/t13-/m0/s1. The van der Waals surface area contributed by atoms with Crippen molar-refractivity contribution in [3.05, 3.63) is 45.6 Å². The maximum Gasteiger partial charge on any atom is 0.348 e. The number of rotatable bonds is 6. The molecule has 3 rings (SSSR count). The Morgan fingerprint density at radius 2 is 2.22 bits per heavy atom. The van der Waals surface area contributed by atoms with E-state index in [1.807, 2.05) is 18.2 Å². The summed E-state index contributed by atoms with van der Waals surface area (Å²) in [6.45, 7) is 1.88. The number of nitrogens with zero attached hydrogens (tertiary/aromatic N) is 1. The van der Waals surface area contributed by atoms with E-state index in [2.05, 4.69) is 18.3 Å². The topological polar surface area (TPSA) is 79.2 Å². The lowest BCUT2D eigenvalue weighted by Gasteiger charge is -2.16. The zero-order valence-corrected chi connectivity index (χ0v) is 16.6. The highest BCUT2D eigenvalue weighted by Crippen LogP contribution is 2.32. The Bertz CT molecular complexity index is 886. The molecule has 0 saturated heterocycles. The molecule has 0 spiro atoms. The average molecular weight is 401 g/mol. The van der Waals surface area contributed by atoms with Crippen LogP contribution in [0.15, 0.2) is 35.2 Å². The maximum atomic E-state index is 12.3. The Morgan fingerprint density at radius 1 is 1.41 bits per heavy atom. The van der Waals surface area contributed by atoms with Gasteiger partial charge in [-0.1, -0.05) is 19.1 Å². The van der Waals surface area contributed by atoms with Gasteiger partial charge in [-0.3, -0.25) is 4.79 Å². The zero-order valence-electron chi connectivity index (χ0n) is 15.0. The molecule has 0 saturated carbocycles. The summed E-state index contributed by atoms with van der Waals surface area (Å²) >= 11 is 2.82. The quantitative estimate of drug-likeness (QED) is 0.578. The molecule has 1 heterocycles. The van der Waals surface area contributed by atoms with Crippen LogP contribution in [0.5, 0.6) is 0 Å². The van der Waals surface area contributed by atoms with E-state index in [-0.39, 0.29) is 6.61 Å². The van der Waals surface area contributed by atoms with Crippen molar-refractivity contribution in [2.45, 2.75) is 31.1 Å². The number of anilines is 1. The van der Waals surface area contributed by atoms with Crippen molar-refractivity contribution in [2.75, 3.05) is 17.7 Å². The molecule has 2 aromatic rings. The molecule has 0 bridgehead atoms. The van der Waals surface area contributed by atoms with E-state index in [1.54, 1.807) is 12.1 Å². The minimum atomic E-state index is -0.454. The molecule has 0 unspecified atom stereocenters. The van der Waals surface area contributed by atoms with Crippen molar-refractivity contribution in [1.82, 2.24) is 0 Å². The van der Waals surface area contributed by atoms with Crippen LogP contribution in [0.3, 0.4) is 0 Å². The Hall–Kier alpha value is -2.30. The van der Waals surface area contributed by atoms with Crippen LogP contribution in [0.1, 0.15) is 33.5 Å². The Balaban J connectivity index is 1.55. The Labute approximate surface area is 166 Å². The highest BCUT2D eigenvalue weighted by molar-refractivity contribution is 7.99. The van der Waals surface area contributed by atoms with Gasteiger partial charge < -0.3 is 10.1 Å². The summed E-state index contributed by atoms with van der Waals surface area (Å²) in [4.78, 5) is 27.1. The summed E-state index contributed by atoms with van der Waals surface area (Å²) in [6, 6.07) is 11.2. The molecular formula is C20H20N2O3S2. The van der Waals surface area contributed by atoms with E-state index in [0.29, 0.717) is 22.2 Å². The lowest BCUT2D eigenvalue weighted by Crippen LogP contribution is -2.21. The van der Waals surface area contributed by atoms with Crippen molar-refractivity contribution in [1.29, 1.82) is 5.26 Å². The molecular weight excluding hydrogens is 380 g/mol. The zero-order chi connectivity index (χ0) is 19.2. The average Bonchev–Trinajstić information content (AvgIpc) is 3.08. The highest BCUT2D eigenvalue weighted by Gasteiger charge is 2.21. The third-order valence-corrected chi connectivity index (χ3v) is 6.48. The van der Waals surface area contributed by atoms with E-state index in [1.165, 1.54) is 33.5 Å². The van der Waals surface area contributed by atoms with Crippen molar-refractivity contribution < 1.29 is 14.3 Å². The fraction of sp³-hybridized carbons (Fsp3) is 0.350. The van der Waals surface area contributed by atoms with Crippen molar-refractivity contribution in [3.8, 4) is 6.07 Å². The minimum Gasteiger partial charge on any atom is -0.451 e. The minimum absolute atomic E-state index is 0.295. The van der Waals surface area contributed by atoms with E-state index in [0.717, 1.165) is 24.2 Å². The molecule has 1 aromatic carbocycles. The lowest BCUT2D eigenvalue weighted by atomic mass is 9.90. The molecule has 1 aliphatic rings. The summed E-state index contributed by atoms with van der Waals surface area (Å²) < 4.78 is 5.19. The van der Waals surface area contributed by atoms with Crippen LogP contribution in [0, 0.1) is 17.2 Å². The van der Waals surface area contributed by atoms with Gasteiger partial charge in [0.2, 0.25) is 0 Å². The molecule has 0 fully saturated rings. The van der Waals surface area contributed by atoms with Gasteiger partial charge in [0.15, 0.2) is 6.61 Å². The first-order valence-electron chi connectivity index (χ1n) is 8.74. The van der Waals surface area contributed by atoms with Gasteiger partial charge in [-0.15, -0.1) is 23.1 Å². The summed E-state index contributed by atoms with van der Waals surface area (Å²) in [5.41, 5.74) is 1.85. The summed E-state index contributed by atoms with van der Waals surface area (Å²) in [7, 11) is 0. The largest absolute Gasteiger partial charge is 0.451 e. The number of esters is 1. The fourth-order valence-electron chi connectivity index (χ4n) is 3.00. The predicted octanol–water partition coefficient (Wildman–Crippen LogP) is 4.28. The first-order valence-corrected chi connectivity index (χ1v) is 10.5. The number of benzene rings is 1. The molecule has 7 heteroatoms. The van der Waals surface area contributed by atoms with Gasteiger partial charge in [-0.05, 0) is 48.9 Å². The van der Waals surface area contributed by atoms with Crippen molar-refractivity contribution in [3.63, 3.8) is 0 Å². The number of fused-ring (bicyclic) bond motifs is 1. The first kappa shape index (κ1) is 19.5. The van der Waals surface area contributed by atoms with Gasteiger partial charge in [0, 0.05) is 9.77 Å². The molecule has 1 N–H and O–H groups in total. The normalized spacial score (nSPS) is 15.5. The number of para-hydroxylation sites is 1. The van der Waals surface area contributed by atoms with Crippen molar-refractivity contribution >= 4 is 40.7 Å². The van der Waals surface area contributed by atoms with Gasteiger partial charge in [-0.2, -0.15) is 5.26 Å². The van der Waals surface area contributed by atoms with Crippen LogP contribution < -0.4 is 5.32 Å². The number of aryl methyl sites for hydroxylation is 1. The monoisotopic (exact) mass is 400 g/mol. The number of ether oxygens (including phenoxy) is 1. The third-order valence-electron chi connectivity index (χ3n) is 4.32. The summed E-state index contributed by atoms with van der Waals surface area (Å²) in [6.07, 6.45) is 3.15. The van der Waals surface area contributed by atoms with Gasteiger partial charge >= 0.3 is 5.97 Å². The molecule has 0 aliphatic heterocycles. The number of nitrogens with one attached hydrogen (secondary N) is 1. The smallest absolute Gasteiger partial charge is 0.348 e. The lowest BCUT2D eigenvalue weighted by molar-refractivity contribution is -0.119. The van der Waals surface area contributed by atoms with Gasteiger partial charge in [0.25, 0.3) is 5.91 Å². The van der Waals surface area contributed by atoms with E-state index < -0.39 is 11.9 Å². The number of hydrogen-bond acceptors (Lipinski definition) is 6. The van der Waals surface area contributed by atoms with E-state index >= 15 is 0 Å². The molecule has 1 atom stereocenters. The first-order chi connectivity index (χ1) is 13.1. The van der Waals surface area contributed by atoms with Crippen LogP contribution in [-0.4, -0.2) is 24.2 Å². The van der Waals surface area contributed by atoms with Crippen molar-refractivity contribution in [2.24, 2.45) is 5.92 Å². The maximum absolute atomic E-state index is 12.3. The van der Waals surface area contributed by atoms with Gasteiger partial charge in [0.05, 0.1) is 17.5 Å². The van der Waals surface area contributed by atoms with Gasteiger partial charge in [0.1, 0.15) is 4.88 Å². The molecule has 1 amide bonds. The van der Waals surface area contributed by atoms with Crippen LogP contribution in [0.25, 0.3) is 0 Å². The van der Waals surface area contributed by atoms with Crippen LogP contribution >= 0.6 is 23.1 Å². The Morgan fingerprint density at radius 3 is 3.04 bits per heavy atom. The fourth-order valence-corrected chi connectivity index (χ4v) is 4.77. The SMILES string of the molecule is C[C@H]1CCc2sc(C(=O)OCC(=O)Nc3ccccc3SCC#N)cc2C1. The second-order valence-corrected chi connectivity index (χ2v) is 8.63. The van der Waals surface area contributed by atoms with Gasteiger partial charge in [-0.25, -0.2) is 4.79 Å². The second kappa shape index (κ2) is 9.07. The molecule has 140 valence electrons. The number of carbonyl (C=O) groups excluding carboxylic acids is 2. The highest BCUT2D eigenvalue weighted by atomic mass is 32.2. The van der Waals surface area contributed by atoms with Crippen LogP contribution in [-0.2, 0) is 22.4 Å². The van der Waals surface area contributed by atoms with Crippen LogP contribution in [0.4, 0.5) is 5.69 Å². The second-order valence-electron chi connectivity index (χ2n) is 6.47. The summed E-state index contributed by atoms with van der Waals surface area (Å²) in [5, 5.41) is 11.5. The number of nitriles is 1. The number of thioether (sulfide) groups is 1. The number of amides is 1. The Kier molecular flexibility index (Phi) is 6.54. The van der Waals surface area contributed by atoms with E-state index in [4.69, 9.17) is 10.00 Å².